The fourth-order valence-corrected chi connectivity index (χ4v) is 4.31. The van der Waals surface area contributed by atoms with Crippen LogP contribution < -0.4 is 10.5 Å². The van der Waals surface area contributed by atoms with Gasteiger partial charge in [-0.05, 0) is 44.4 Å². The number of aryl methyl sites for hydroxylation is 1. The van der Waals surface area contributed by atoms with E-state index in [-0.39, 0.29) is 28.3 Å². The second-order valence-electron chi connectivity index (χ2n) is 5.14. The summed E-state index contributed by atoms with van der Waals surface area (Å²) in [5, 5.41) is 0. The third-order valence-electron chi connectivity index (χ3n) is 3.65. The molecule has 1 aromatic carbocycles. The summed E-state index contributed by atoms with van der Waals surface area (Å²) in [7, 11) is -3.75. The lowest BCUT2D eigenvalue weighted by Gasteiger charge is -2.19. The van der Waals surface area contributed by atoms with Gasteiger partial charge >= 0.3 is 0 Å². The van der Waals surface area contributed by atoms with Crippen LogP contribution in [0, 0.1) is 19.7 Å². The smallest absolute Gasteiger partial charge is 0.241 e. The van der Waals surface area contributed by atoms with E-state index in [1.165, 1.54) is 6.92 Å². The molecule has 0 spiro atoms. The monoisotopic (exact) mass is 302 g/mol. The van der Waals surface area contributed by atoms with Crippen LogP contribution in [0.25, 0.3) is 0 Å². The number of rotatable bonds is 3. The summed E-state index contributed by atoms with van der Waals surface area (Å²) in [5.41, 5.74) is 6.04. The highest BCUT2D eigenvalue weighted by Crippen LogP contribution is 2.28. The molecule has 112 valence electrons. The lowest BCUT2D eigenvalue weighted by molar-refractivity contribution is 0.117. The van der Waals surface area contributed by atoms with Crippen molar-refractivity contribution < 1.29 is 17.5 Å². The number of halogens is 1. The van der Waals surface area contributed by atoms with Crippen molar-refractivity contribution in [2.75, 3.05) is 12.3 Å². The molecule has 2 rings (SSSR count). The predicted molar refractivity (Wildman–Crippen MR) is 74.4 cm³/mol. The van der Waals surface area contributed by atoms with Crippen molar-refractivity contribution in [2.45, 2.75) is 44.2 Å². The Morgan fingerprint density at radius 2 is 2.10 bits per heavy atom. The first kappa shape index (κ1) is 15.2. The van der Waals surface area contributed by atoms with E-state index in [1.54, 1.807) is 6.92 Å². The Kier molecular flexibility index (Phi) is 4.04. The van der Waals surface area contributed by atoms with Crippen LogP contribution in [0.15, 0.2) is 11.0 Å². The van der Waals surface area contributed by atoms with E-state index in [0.717, 1.165) is 6.07 Å². The van der Waals surface area contributed by atoms with Gasteiger partial charge in [-0.25, -0.2) is 17.5 Å². The molecular formula is C13H19FN2O3S. The van der Waals surface area contributed by atoms with Gasteiger partial charge in [0.1, 0.15) is 5.82 Å². The number of nitrogens with one attached hydrogen (secondary N) is 1. The summed E-state index contributed by atoms with van der Waals surface area (Å²) < 4.78 is 46.5. The first-order valence-electron chi connectivity index (χ1n) is 6.43. The topological polar surface area (TPSA) is 81.4 Å². The van der Waals surface area contributed by atoms with Crippen LogP contribution in [0.2, 0.25) is 0 Å². The molecule has 0 bridgehead atoms. The minimum atomic E-state index is -3.75. The van der Waals surface area contributed by atoms with Gasteiger partial charge in [-0.1, -0.05) is 0 Å². The molecule has 7 heteroatoms. The second kappa shape index (κ2) is 5.31. The Morgan fingerprint density at radius 1 is 1.45 bits per heavy atom. The third kappa shape index (κ3) is 2.65. The summed E-state index contributed by atoms with van der Waals surface area (Å²) in [6.45, 7) is 5.41. The largest absolute Gasteiger partial charge is 0.396 e. The normalized spacial score (nSPS) is 23.2. The van der Waals surface area contributed by atoms with Crippen LogP contribution in [-0.4, -0.2) is 27.2 Å². The quantitative estimate of drug-likeness (QED) is 0.829. The zero-order valence-corrected chi connectivity index (χ0v) is 12.6. The third-order valence-corrected chi connectivity index (χ3v) is 5.43. The zero-order chi connectivity index (χ0) is 15.1. The fourth-order valence-electron chi connectivity index (χ4n) is 2.49. The molecular weight excluding hydrogens is 283 g/mol. The predicted octanol–water partition coefficient (Wildman–Crippen LogP) is 1.48. The van der Waals surface area contributed by atoms with Gasteiger partial charge in [0.15, 0.2) is 0 Å². The van der Waals surface area contributed by atoms with Gasteiger partial charge in [-0.3, -0.25) is 0 Å². The average molecular weight is 302 g/mol. The molecule has 0 aliphatic carbocycles. The molecule has 2 atom stereocenters. The lowest BCUT2D eigenvalue weighted by atomic mass is 10.1. The first-order valence-corrected chi connectivity index (χ1v) is 7.91. The molecule has 1 fully saturated rings. The Hall–Kier alpha value is -1.18. The van der Waals surface area contributed by atoms with Gasteiger partial charge in [0, 0.05) is 6.61 Å². The number of nitrogen functional groups attached to an aromatic ring is 1. The molecule has 20 heavy (non-hydrogen) atoms. The number of hydrogen-bond donors (Lipinski definition) is 2. The number of anilines is 1. The zero-order valence-electron chi connectivity index (χ0n) is 11.7. The number of sulfonamides is 1. The summed E-state index contributed by atoms with van der Waals surface area (Å²) in [6, 6.07) is 0.871. The molecule has 1 heterocycles. The van der Waals surface area contributed by atoms with Crippen molar-refractivity contribution in [1.29, 1.82) is 0 Å². The molecule has 1 aromatic rings. The van der Waals surface area contributed by atoms with Gasteiger partial charge in [0.05, 0.1) is 22.7 Å². The van der Waals surface area contributed by atoms with Gasteiger partial charge < -0.3 is 10.5 Å². The highest BCUT2D eigenvalue weighted by atomic mass is 32.2. The van der Waals surface area contributed by atoms with Crippen LogP contribution in [0.1, 0.15) is 24.5 Å². The maximum absolute atomic E-state index is 13.5. The second-order valence-corrected chi connectivity index (χ2v) is 6.79. The Balaban J connectivity index is 2.42. The molecule has 0 amide bonds. The van der Waals surface area contributed by atoms with Crippen LogP contribution in [-0.2, 0) is 14.8 Å². The molecule has 3 N–H and O–H groups in total. The summed E-state index contributed by atoms with van der Waals surface area (Å²) >= 11 is 0. The van der Waals surface area contributed by atoms with E-state index >= 15 is 0 Å². The van der Waals surface area contributed by atoms with Gasteiger partial charge in [0.25, 0.3) is 0 Å². The van der Waals surface area contributed by atoms with Crippen molar-refractivity contribution >= 4 is 15.7 Å². The summed E-state index contributed by atoms with van der Waals surface area (Å²) in [5.74, 6) is -0.600. The van der Waals surface area contributed by atoms with Gasteiger partial charge in [-0.15, -0.1) is 0 Å². The Labute approximate surface area is 118 Å². The molecule has 0 radical (unpaired) electrons. The average Bonchev–Trinajstić information content (AvgIpc) is 2.71. The van der Waals surface area contributed by atoms with E-state index in [1.807, 2.05) is 6.92 Å². The van der Waals surface area contributed by atoms with Crippen LogP contribution >= 0.6 is 0 Å². The Bertz CT molecular complexity index is 631. The van der Waals surface area contributed by atoms with E-state index in [2.05, 4.69) is 4.72 Å². The highest BCUT2D eigenvalue weighted by molar-refractivity contribution is 7.89. The molecule has 0 saturated carbocycles. The van der Waals surface area contributed by atoms with E-state index in [9.17, 15) is 12.8 Å². The van der Waals surface area contributed by atoms with Crippen molar-refractivity contribution in [2.24, 2.45) is 0 Å². The highest BCUT2D eigenvalue weighted by Gasteiger charge is 2.31. The van der Waals surface area contributed by atoms with E-state index in [0.29, 0.717) is 18.6 Å². The van der Waals surface area contributed by atoms with Crippen molar-refractivity contribution in [3.63, 3.8) is 0 Å². The number of hydrogen-bond acceptors (Lipinski definition) is 4. The van der Waals surface area contributed by atoms with E-state index in [4.69, 9.17) is 10.5 Å². The van der Waals surface area contributed by atoms with Gasteiger partial charge in [-0.2, -0.15) is 0 Å². The van der Waals surface area contributed by atoms with E-state index < -0.39 is 15.8 Å². The van der Waals surface area contributed by atoms with Crippen molar-refractivity contribution in [1.82, 2.24) is 4.72 Å². The van der Waals surface area contributed by atoms with Crippen LogP contribution in [0.3, 0.4) is 0 Å². The molecule has 1 aliphatic heterocycles. The lowest BCUT2D eigenvalue weighted by Crippen LogP contribution is -2.39. The molecule has 2 unspecified atom stereocenters. The summed E-state index contributed by atoms with van der Waals surface area (Å²) in [6.07, 6.45) is 0.443. The fraction of sp³-hybridized carbons (Fsp3) is 0.538. The van der Waals surface area contributed by atoms with Crippen LogP contribution in [0.5, 0.6) is 0 Å². The number of ether oxygens (including phenoxy) is 1. The Morgan fingerprint density at radius 3 is 2.65 bits per heavy atom. The molecule has 1 saturated heterocycles. The summed E-state index contributed by atoms with van der Waals surface area (Å²) in [4.78, 5) is 0.0514. The maximum atomic E-state index is 13.5. The van der Waals surface area contributed by atoms with Crippen molar-refractivity contribution in [3.05, 3.63) is 23.0 Å². The maximum Gasteiger partial charge on any atom is 0.241 e. The SMILES string of the molecule is Cc1cc(F)c(N)c(C)c1S(=O)(=O)NC1CCOC1C. The number of nitrogens with two attached hydrogens (primary N) is 1. The minimum absolute atomic E-state index is 0.0514. The minimum Gasteiger partial charge on any atom is -0.396 e. The number of benzene rings is 1. The van der Waals surface area contributed by atoms with Gasteiger partial charge in [0.2, 0.25) is 10.0 Å². The molecule has 1 aliphatic rings. The molecule has 5 nitrogen and oxygen atoms in total. The van der Waals surface area contributed by atoms with Crippen LogP contribution in [0.4, 0.5) is 10.1 Å². The molecule has 0 aromatic heterocycles. The van der Waals surface area contributed by atoms with Crippen molar-refractivity contribution in [3.8, 4) is 0 Å². The first-order chi connectivity index (χ1) is 9.24. The standard InChI is InChI=1S/C13H19FN2O3S/c1-7-6-10(14)12(15)8(2)13(7)20(17,18)16-11-4-5-19-9(11)3/h6,9,11,16H,4-5,15H2,1-3H3.